The maximum absolute atomic E-state index is 12.3. The van der Waals surface area contributed by atoms with Crippen LogP contribution < -0.4 is 0 Å². The molecule has 0 unspecified atom stereocenters. The van der Waals surface area contributed by atoms with Crippen LogP contribution in [0.15, 0.2) is 12.2 Å². The summed E-state index contributed by atoms with van der Waals surface area (Å²) in [5.74, 6) is 2.08. The van der Waals surface area contributed by atoms with Gasteiger partial charge in [-0.25, -0.2) is 0 Å². The van der Waals surface area contributed by atoms with Crippen LogP contribution in [0.1, 0.15) is 80.1 Å². The van der Waals surface area contributed by atoms with Crippen molar-refractivity contribution in [1.82, 2.24) is 0 Å². The molecule has 0 saturated heterocycles. The minimum absolute atomic E-state index is 0.238. The Hall–Kier alpha value is -0.413. The van der Waals surface area contributed by atoms with Gasteiger partial charge in [0, 0.05) is 18.4 Å². The normalized spacial score (nSPS) is 32.7. The van der Waals surface area contributed by atoms with Crippen molar-refractivity contribution in [2.24, 2.45) is 23.2 Å². The molecular weight excluding hydrogens is 336 g/mol. The quantitative estimate of drug-likeness (QED) is 0.377. The molecule has 0 aromatic heterocycles. The molecular formula is C23H42O2Si. The molecule has 0 aliphatic heterocycles. The van der Waals surface area contributed by atoms with Crippen molar-refractivity contribution in [3.63, 3.8) is 0 Å². The number of Topliss-reactive ketones (excluding diaryl/α,β-unsaturated/α-hetero) is 1. The Kier molecular flexibility index (Phi) is 6.66. The van der Waals surface area contributed by atoms with E-state index in [1.165, 1.54) is 12.8 Å². The number of allylic oxidation sites excluding steroid dienone is 1. The highest BCUT2D eigenvalue weighted by atomic mass is 28.4. The minimum Gasteiger partial charge on any atom is -0.414 e. The highest BCUT2D eigenvalue weighted by molar-refractivity contribution is 6.74. The zero-order chi connectivity index (χ0) is 19.8. The van der Waals surface area contributed by atoms with Crippen molar-refractivity contribution < 1.29 is 9.22 Å². The molecule has 0 spiro atoms. The van der Waals surface area contributed by atoms with E-state index in [-0.39, 0.29) is 16.6 Å². The van der Waals surface area contributed by atoms with E-state index in [0.717, 1.165) is 25.7 Å². The van der Waals surface area contributed by atoms with Gasteiger partial charge in [0.1, 0.15) is 5.78 Å². The lowest BCUT2D eigenvalue weighted by Gasteiger charge is -2.41. The third-order valence-corrected chi connectivity index (χ3v) is 12.4. The predicted octanol–water partition coefficient (Wildman–Crippen LogP) is 6.76. The summed E-state index contributed by atoms with van der Waals surface area (Å²) in [6.45, 7) is 18.5. The van der Waals surface area contributed by atoms with E-state index >= 15 is 0 Å². The Bertz CT molecular complexity index is 531. The smallest absolute Gasteiger partial charge is 0.192 e. The SMILES string of the molecule is C[C@@H](CC=C[C@H](C)[C@H]1CC[C@H]2C(=O)CCC[C@]12C)O[Si](C)(C)C(C)(C)C. The van der Waals surface area contributed by atoms with Crippen LogP contribution in [0.2, 0.25) is 18.1 Å². The first-order valence-corrected chi connectivity index (χ1v) is 13.7. The molecule has 0 aromatic carbocycles. The highest BCUT2D eigenvalue weighted by Gasteiger charge is 2.51. The van der Waals surface area contributed by atoms with Crippen molar-refractivity contribution in [1.29, 1.82) is 0 Å². The van der Waals surface area contributed by atoms with Crippen LogP contribution in [0.5, 0.6) is 0 Å². The maximum atomic E-state index is 12.3. The second kappa shape index (κ2) is 7.91. The number of fused-ring (bicyclic) bond motifs is 1. The summed E-state index contributed by atoms with van der Waals surface area (Å²) in [6.07, 6.45) is 11.5. The number of carbonyl (C=O) groups excluding carboxylic acids is 1. The van der Waals surface area contributed by atoms with E-state index in [1.807, 2.05) is 0 Å². The van der Waals surface area contributed by atoms with Gasteiger partial charge in [0.15, 0.2) is 8.32 Å². The lowest BCUT2D eigenvalue weighted by atomic mass is 9.62. The molecule has 2 fully saturated rings. The molecule has 0 N–H and O–H groups in total. The van der Waals surface area contributed by atoms with Gasteiger partial charge >= 0.3 is 0 Å². The van der Waals surface area contributed by atoms with Crippen molar-refractivity contribution in [2.75, 3.05) is 0 Å². The van der Waals surface area contributed by atoms with E-state index in [2.05, 4.69) is 66.8 Å². The molecule has 2 saturated carbocycles. The van der Waals surface area contributed by atoms with E-state index < -0.39 is 8.32 Å². The fourth-order valence-electron chi connectivity index (χ4n) is 5.18. The second-order valence-electron chi connectivity index (χ2n) is 10.8. The van der Waals surface area contributed by atoms with Crippen LogP contribution >= 0.6 is 0 Å². The molecule has 2 nitrogen and oxygen atoms in total. The Morgan fingerprint density at radius 1 is 1.27 bits per heavy atom. The van der Waals surface area contributed by atoms with E-state index in [0.29, 0.717) is 23.5 Å². The van der Waals surface area contributed by atoms with Crippen molar-refractivity contribution in [3.05, 3.63) is 12.2 Å². The number of hydrogen-bond acceptors (Lipinski definition) is 2. The van der Waals surface area contributed by atoms with Crippen LogP contribution in [-0.2, 0) is 9.22 Å². The number of hydrogen-bond donors (Lipinski definition) is 0. The van der Waals surface area contributed by atoms with Gasteiger partial charge < -0.3 is 4.43 Å². The van der Waals surface area contributed by atoms with Gasteiger partial charge in [0.05, 0.1) is 0 Å². The standard InChI is InChI=1S/C23H42O2Si/c1-17(11-9-12-18(2)25-26(7,8)22(3,4)5)19-14-15-20-21(24)13-10-16-23(19,20)6/h9,11,17-20H,10,12-16H2,1-8H3/t17-,18-,19+,20-,23+/m0/s1. The van der Waals surface area contributed by atoms with E-state index in [4.69, 9.17) is 4.43 Å². The molecule has 0 amide bonds. The van der Waals surface area contributed by atoms with Crippen molar-refractivity contribution in [3.8, 4) is 0 Å². The van der Waals surface area contributed by atoms with E-state index in [1.54, 1.807) is 0 Å². The molecule has 0 bridgehead atoms. The lowest BCUT2D eigenvalue weighted by Crippen LogP contribution is -2.43. The summed E-state index contributed by atoms with van der Waals surface area (Å²) < 4.78 is 6.47. The second-order valence-corrected chi connectivity index (χ2v) is 15.5. The van der Waals surface area contributed by atoms with Crippen molar-refractivity contribution in [2.45, 2.75) is 104 Å². The minimum atomic E-state index is -1.69. The number of rotatable bonds is 6. The van der Waals surface area contributed by atoms with Gasteiger partial charge in [-0.3, -0.25) is 4.79 Å². The van der Waals surface area contributed by atoms with Gasteiger partial charge in [-0.1, -0.05) is 46.8 Å². The summed E-state index contributed by atoms with van der Waals surface area (Å²) in [6, 6.07) is 0. The molecule has 2 aliphatic carbocycles. The van der Waals surface area contributed by atoms with Gasteiger partial charge in [-0.2, -0.15) is 0 Å². The largest absolute Gasteiger partial charge is 0.414 e. The van der Waals surface area contributed by atoms with Gasteiger partial charge in [-0.05, 0) is 74.4 Å². The van der Waals surface area contributed by atoms with Crippen molar-refractivity contribution >= 4 is 14.1 Å². The summed E-state index contributed by atoms with van der Waals surface area (Å²) in [4.78, 5) is 12.3. The van der Waals surface area contributed by atoms with Crippen LogP contribution in [0, 0.1) is 23.2 Å². The molecule has 3 heteroatoms. The average Bonchev–Trinajstić information content (AvgIpc) is 2.84. The summed E-state index contributed by atoms with van der Waals surface area (Å²) >= 11 is 0. The number of carbonyl (C=O) groups is 1. The lowest BCUT2D eigenvalue weighted by molar-refractivity contribution is -0.129. The zero-order valence-electron chi connectivity index (χ0n) is 18.5. The fourth-order valence-corrected chi connectivity index (χ4v) is 6.64. The third-order valence-electron chi connectivity index (χ3n) is 7.78. The monoisotopic (exact) mass is 378 g/mol. The highest BCUT2D eigenvalue weighted by Crippen LogP contribution is 2.56. The first-order chi connectivity index (χ1) is 11.9. The van der Waals surface area contributed by atoms with Gasteiger partial charge in [-0.15, -0.1) is 0 Å². The van der Waals surface area contributed by atoms with Crippen LogP contribution in [-0.4, -0.2) is 20.2 Å². The third kappa shape index (κ3) is 4.52. The molecule has 0 radical (unpaired) electrons. The van der Waals surface area contributed by atoms with Gasteiger partial charge in [0.25, 0.3) is 0 Å². The first-order valence-electron chi connectivity index (χ1n) is 10.8. The van der Waals surface area contributed by atoms with Crippen LogP contribution in [0.25, 0.3) is 0 Å². The number of ketones is 1. The van der Waals surface area contributed by atoms with Gasteiger partial charge in [0.2, 0.25) is 0 Å². The molecule has 26 heavy (non-hydrogen) atoms. The Morgan fingerprint density at radius 2 is 1.92 bits per heavy atom. The average molecular weight is 379 g/mol. The Balaban J connectivity index is 1.91. The van der Waals surface area contributed by atoms with E-state index in [9.17, 15) is 4.79 Å². The summed E-state index contributed by atoms with van der Waals surface area (Å²) in [7, 11) is -1.69. The first kappa shape index (κ1) is 21.9. The molecule has 150 valence electrons. The topological polar surface area (TPSA) is 26.3 Å². The van der Waals surface area contributed by atoms with Crippen LogP contribution in [0.3, 0.4) is 0 Å². The molecule has 2 aliphatic rings. The molecule has 2 rings (SSSR count). The fraction of sp³-hybridized carbons (Fsp3) is 0.870. The Morgan fingerprint density at radius 3 is 2.54 bits per heavy atom. The summed E-state index contributed by atoms with van der Waals surface area (Å²) in [5, 5.41) is 0.263. The van der Waals surface area contributed by atoms with Crippen LogP contribution in [0.4, 0.5) is 0 Å². The maximum Gasteiger partial charge on any atom is 0.192 e. The summed E-state index contributed by atoms with van der Waals surface area (Å²) in [5.41, 5.74) is 0.238. The molecule has 0 heterocycles. The molecule has 0 aromatic rings. The molecule has 5 atom stereocenters. The zero-order valence-corrected chi connectivity index (χ0v) is 19.5. The Labute approximate surface area is 163 Å². The predicted molar refractivity (Wildman–Crippen MR) is 114 cm³/mol.